The summed E-state index contributed by atoms with van der Waals surface area (Å²) < 4.78 is 9.57. The van der Waals surface area contributed by atoms with E-state index in [-0.39, 0.29) is 11.9 Å². The van der Waals surface area contributed by atoms with Crippen LogP contribution < -0.4 is 9.80 Å². The lowest BCUT2D eigenvalue weighted by atomic mass is 10.0. The van der Waals surface area contributed by atoms with Crippen molar-refractivity contribution < 1.29 is 19.1 Å². The van der Waals surface area contributed by atoms with Crippen LogP contribution in [0.15, 0.2) is 158 Å². The van der Waals surface area contributed by atoms with Crippen LogP contribution in [0.1, 0.15) is 36.8 Å². The van der Waals surface area contributed by atoms with Crippen molar-refractivity contribution in [1.29, 1.82) is 0 Å². The first kappa shape index (κ1) is 35.7. The molecule has 6 aromatic carbocycles. The van der Waals surface area contributed by atoms with E-state index in [2.05, 4.69) is 155 Å². The molecule has 262 valence electrons. The molecule has 6 heteroatoms. The van der Waals surface area contributed by atoms with Gasteiger partial charge in [-0.1, -0.05) is 84.9 Å². The predicted octanol–water partition coefficient (Wildman–Crippen LogP) is 11.3. The van der Waals surface area contributed by atoms with E-state index in [0.29, 0.717) is 12.8 Å². The molecule has 6 rings (SSSR count). The predicted molar refractivity (Wildman–Crippen MR) is 211 cm³/mol. The Balaban J connectivity index is 1.21. The summed E-state index contributed by atoms with van der Waals surface area (Å²) >= 11 is 0. The third kappa shape index (κ3) is 9.15. The molecular formula is C46H44N2O4. The number of nitrogens with zero attached hydrogens (tertiary/aromatic N) is 2. The van der Waals surface area contributed by atoms with Crippen LogP contribution in [0.3, 0.4) is 0 Å². The molecule has 6 aromatic rings. The molecule has 0 saturated carbocycles. The maximum Gasteiger partial charge on any atom is 0.305 e. The van der Waals surface area contributed by atoms with Crippen LogP contribution in [0.2, 0.25) is 0 Å². The molecular weight excluding hydrogens is 645 g/mol. The molecule has 0 radical (unpaired) electrons. The van der Waals surface area contributed by atoms with Gasteiger partial charge in [-0.3, -0.25) is 9.59 Å². The zero-order valence-corrected chi connectivity index (χ0v) is 29.8. The zero-order valence-electron chi connectivity index (χ0n) is 29.8. The Morgan fingerprint density at radius 1 is 0.404 bits per heavy atom. The number of para-hydroxylation sites is 2. The molecule has 6 nitrogen and oxygen atoms in total. The van der Waals surface area contributed by atoms with E-state index < -0.39 is 0 Å². The summed E-state index contributed by atoms with van der Waals surface area (Å²) in [6.45, 7) is 0. The number of aryl methyl sites for hydroxylation is 2. The minimum absolute atomic E-state index is 0.173. The average Bonchev–Trinajstić information content (AvgIpc) is 3.20. The van der Waals surface area contributed by atoms with Crippen LogP contribution >= 0.6 is 0 Å². The SMILES string of the molecule is COC(=O)CCCc1ccc(N(c2ccccc2)c2ccc(-c3ccc(N(c4ccccc4)c4ccc(CCCC(=O)OC)cc4)cc3)cc2)cc1. The highest BCUT2D eigenvalue weighted by Crippen LogP contribution is 2.38. The fraction of sp³-hybridized carbons (Fsp3) is 0.174. The minimum Gasteiger partial charge on any atom is -0.469 e. The Hall–Kier alpha value is -6.14. The van der Waals surface area contributed by atoms with Gasteiger partial charge in [0.1, 0.15) is 0 Å². The summed E-state index contributed by atoms with van der Waals surface area (Å²) in [6.07, 6.45) is 4.01. The molecule has 0 fully saturated rings. The second kappa shape index (κ2) is 17.7. The molecule has 0 bridgehead atoms. The van der Waals surface area contributed by atoms with Crippen LogP contribution in [0.4, 0.5) is 34.1 Å². The third-order valence-corrected chi connectivity index (χ3v) is 9.15. The number of ether oxygens (including phenoxy) is 2. The maximum absolute atomic E-state index is 11.5. The summed E-state index contributed by atoms with van der Waals surface area (Å²) in [5, 5.41) is 0. The summed E-state index contributed by atoms with van der Waals surface area (Å²) in [6, 6.07) is 55.3. The van der Waals surface area contributed by atoms with Gasteiger partial charge in [0.15, 0.2) is 0 Å². The van der Waals surface area contributed by atoms with Crippen molar-refractivity contribution in [3.05, 3.63) is 169 Å². The van der Waals surface area contributed by atoms with Gasteiger partial charge in [-0.2, -0.15) is 0 Å². The van der Waals surface area contributed by atoms with E-state index in [9.17, 15) is 9.59 Å². The van der Waals surface area contributed by atoms with Crippen LogP contribution in [0, 0.1) is 0 Å². The highest BCUT2D eigenvalue weighted by molar-refractivity contribution is 5.81. The van der Waals surface area contributed by atoms with Gasteiger partial charge in [0.25, 0.3) is 0 Å². The van der Waals surface area contributed by atoms with E-state index in [1.165, 1.54) is 25.3 Å². The van der Waals surface area contributed by atoms with Gasteiger partial charge < -0.3 is 19.3 Å². The number of rotatable bonds is 15. The van der Waals surface area contributed by atoms with E-state index >= 15 is 0 Å². The van der Waals surface area contributed by atoms with Gasteiger partial charge in [-0.15, -0.1) is 0 Å². The Morgan fingerprint density at radius 2 is 0.692 bits per heavy atom. The van der Waals surface area contributed by atoms with E-state index in [1.54, 1.807) is 0 Å². The number of benzene rings is 6. The molecule has 0 saturated heterocycles. The summed E-state index contributed by atoms with van der Waals surface area (Å²) in [7, 11) is 2.86. The fourth-order valence-corrected chi connectivity index (χ4v) is 6.36. The number of anilines is 6. The second-order valence-corrected chi connectivity index (χ2v) is 12.6. The molecule has 0 amide bonds. The topological polar surface area (TPSA) is 59.1 Å². The lowest BCUT2D eigenvalue weighted by Crippen LogP contribution is -2.10. The van der Waals surface area contributed by atoms with Gasteiger partial charge in [0.05, 0.1) is 14.2 Å². The van der Waals surface area contributed by atoms with Crippen LogP contribution in [-0.4, -0.2) is 26.2 Å². The second-order valence-electron chi connectivity index (χ2n) is 12.6. The van der Waals surface area contributed by atoms with E-state index in [4.69, 9.17) is 9.47 Å². The number of carbonyl (C=O) groups excluding carboxylic acids is 2. The number of esters is 2. The molecule has 0 spiro atoms. The summed E-state index contributed by atoms with van der Waals surface area (Å²) in [5.41, 5.74) is 11.1. The molecule has 0 atom stereocenters. The van der Waals surface area contributed by atoms with Crippen LogP contribution in [-0.2, 0) is 31.9 Å². The minimum atomic E-state index is -0.173. The molecule has 0 heterocycles. The van der Waals surface area contributed by atoms with Gasteiger partial charge >= 0.3 is 11.9 Å². The number of methoxy groups -OCH3 is 2. The standard InChI is InChI=1S/C46H44N2O4/c1-51-45(49)17-9-11-35-19-27-41(28-20-35)47(39-13-5-3-6-14-39)43-31-23-37(24-32-43)38-25-33-44(34-26-38)48(40-15-7-4-8-16-40)42-29-21-36(22-30-42)12-10-18-46(50)52-2/h3-8,13-16,19-34H,9-12,17-18H2,1-2H3. The first-order valence-electron chi connectivity index (χ1n) is 17.7. The van der Waals surface area contributed by atoms with Gasteiger partial charge in [0, 0.05) is 47.0 Å². The van der Waals surface area contributed by atoms with Gasteiger partial charge in [-0.05, 0) is 121 Å². The van der Waals surface area contributed by atoms with E-state index in [0.717, 1.165) is 70.9 Å². The lowest BCUT2D eigenvalue weighted by molar-refractivity contribution is -0.141. The Labute approximate surface area is 306 Å². The van der Waals surface area contributed by atoms with Crippen molar-refractivity contribution in [2.75, 3.05) is 24.0 Å². The maximum atomic E-state index is 11.5. The molecule has 0 aliphatic rings. The Bertz CT molecular complexity index is 1860. The Kier molecular flexibility index (Phi) is 12.1. The Morgan fingerprint density at radius 3 is 1.00 bits per heavy atom. The monoisotopic (exact) mass is 688 g/mol. The highest BCUT2D eigenvalue weighted by atomic mass is 16.5. The van der Waals surface area contributed by atoms with Crippen LogP contribution in [0.25, 0.3) is 11.1 Å². The summed E-state index contributed by atoms with van der Waals surface area (Å²) in [5.74, 6) is -0.346. The molecule has 0 aliphatic heterocycles. The van der Waals surface area contributed by atoms with Crippen molar-refractivity contribution in [2.24, 2.45) is 0 Å². The number of hydrogen-bond acceptors (Lipinski definition) is 6. The summed E-state index contributed by atoms with van der Waals surface area (Å²) in [4.78, 5) is 27.6. The van der Waals surface area contributed by atoms with Crippen molar-refractivity contribution in [3.8, 4) is 11.1 Å². The third-order valence-electron chi connectivity index (χ3n) is 9.15. The first-order chi connectivity index (χ1) is 25.5. The smallest absolute Gasteiger partial charge is 0.305 e. The van der Waals surface area contributed by atoms with Crippen molar-refractivity contribution in [2.45, 2.75) is 38.5 Å². The largest absolute Gasteiger partial charge is 0.469 e. The molecule has 0 unspecified atom stereocenters. The zero-order chi connectivity index (χ0) is 36.1. The highest BCUT2D eigenvalue weighted by Gasteiger charge is 2.15. The number of carbonyl (C=O) groups is 2. The molecule has 52 heavy (non-hydrogen) atoms. The molecule has 0 aromatic heterocycles. The molecule has 0 aliphatic carbocycles. The van der Waals surface area contributed by atoms with Crippen LogP contribution in [0.5, 0.6) is 0 Å². The van der Waals surface area contributed by atoms with E-state index in [1.807, 2.05) is 12.1 Å². The van der Waals surface area contributed by atoms with Crippen molar-refractivity contribution >= 4 is 46.1 Å². The lowest BCUT2D eigenvalue weighted by Gasteiger charge is -2.26. The van der Waals surface area contributed by atoms with Crippen molar-refractivity contribution in [1.82, 2.24) is 0 Å². The quantitative estimate of drug-likeness (QED) is 0.100. The average molecular weight is 689 g/mol. The first-order valence-corrected chi connectivity index (χ1v) is 17.7. The van der Waals surface area contributed by atoms with Gasteiger partial charge in [-0.25, -0.2) is 0 Å². The molecule has 0 N–H and O–H groups in total. The normalized spacial score (nSPS) is 10.7. The van der Waals surface area contributed by atoms with Gasteiger partial charge in [0.2, 0.25) is 0 Å². The number of hydrogen-bond donors (Lipinski definition) is 0. The fourth-order valence-electron chi connectivity index (χ4n) is 6.36. The van der Waals surface area contributed by atoms with Crippen molar-refractivity contribution in [3.63, 3.8) is 0 Å².